The molecule has 0 aromatic carbocycles. The Bertz CT molecular complexity index is 530. The van der Waals surface area contributed by atoms with Crippen LogP contribution in [0.3, 0.4) is 0 Å². The first kappa shape index (κ1) is 15.1. The molecule has 2 fully saturated rings. The Balaban J connectivity index is 1.81. The van der Waals surface area contributed by atoms with Gasteiger partial charge in [0.1, 0.15) is 0 Å². The van der Waals surface area contributed by atoms with E-state index in [1.165, 1.54) is 6.42 Å². The second-order valence-corrected chi connectivity index (χ2v) is 7.17. The number of pyridine rings is 1. The van der Waals surface area contributed by atoms with Crippen LogP contribution in [0.25, 0.3) is 0 Å². The summed E-state index contributed by atoms with van der Waals surface area (Å²) >= 11 is 6.12. The van der Waals surface area contributed by atoms with Crippen molar-refractivity contribution in [3.63, 3.8) is 0 Å². The van der Waals surface area contributed by atoms with Crippen LogP contribution < -0.4 is 10.2 Å². The topological polar surface area (TPSA) is 40.6 Å². The molecule has 21 heavy (non-hydrogen) atoms. The van der Waals surface area contributed by atoms with E-state index >= 15 is 0 Å². The average molecular weight is 310 g/mol. The Hall–Kier alpha value is -0.775. The molecular formula is C15H21BClNO3. The third-order valence-corrected chi connectivity index (χ3v) is 4.98. The predicted molar refractivity (Wildman–Crippen MR) is 83.2 cm³/mol. The monoisotopic (exact) mass is 309 g/mol. The molecule has 3 rings (SSSR count). The molecule has 0 radical (unpaired) electrons. The third kappa shape index (κ3) is 2.79. The summed E-state index contributed by atoms with van der Waals surface area (Å²) in [5.74, 6) is 0.619. The van der Waals surface area contributed by atoms with E-state index in [4.69, 9.17) is 25.6 Å². The van der Waals surface area contributed by atoms with Gasteiger partial charge in [-0.1, -0.05) is 11.6 Å². The molecule has 1 aliphatic heterocycles. The third-order valence-electron chi connectivity index (χ3n) is 4.70. The van der Waals surface area contributed by atoms with Gasteiger partial charge in [-0.25, -0.2) is 4.98 Å². The van der Waals surface area contributed by atoms with Crippen molar-refractivity contribution in [3.05, 3.63) is 17.4 Å². The van der Waals surface area contributed by atoms with Crippen molar-refractivity contribution in [2.75, 3.05) is 0 Å². The van der Waals surface area contributed by atoms with Gasteiger partial charge in [0, 0.05) is 11.7 Å². The van der Waals surface area contributed by atoms with Gasteiger partial charge in [0.05, 0.1) is 17.3 Å². The molecule has 0 N–H and O–H groups in total. The minimum Gasteiger partial charge on any atom is -0.487 e. The van der Waals surface area contributed by atoms with Gasteiger partial charge in [0.25, 0.3) is 0 Å². The van der Waals surface area contributed by atoms with E-state index in [0.29, 0.717) is 10.9 Å². The number of nitrogens with zero attached hydrogens (tertiary/aromatic N) is 1. The van der Waals surface area contributed by atoms with E-state index in [1.807, 2.05) is 33.8 Å². The van der Waals surface area contributed by atoms with Crippen molar-refractivity contribution in [1.82, 2.24) is 4.98 Å². The molecule has 0 amide bonds. The van der Waals surface area contributed by atoms with E-state index in [0.717, 1.165) is 18.3 Å². The lowest BCUT2D eigenvalue weighted by Crippen LogP contribution is -2.41. The highest BCUT2D eigenvalue weighted by Crippen LogP contribution is 2.37. The highest BCUT2D eigenvalue weighted by molar-refractivity contribution is 6.62. The average Bonchev–Trinajstić information content (AvgIpc) is 2.55. The SMILES string of the molecule is CC1(C)OB(c2cnc(Cl)c(OC3CCC3)c2)OC1(C)C. The van der Waals surface area contributed by atoms with Crippen LogP contribution in [-0.2, 0) is 9.31 Å². The maximum Gasteiger partial charge on any atom is 0.496 e. The van der Waals surface area contributed by atoms with Gasteiger partial charge in [0.15, 0.2) is 10.9 Å². The number of hydrogen-bond acceptors (Lipinski definition) is 4. The van der Waals surface area contributed by atoms with Crippen LogP contribution >= 0.6 is 11.6 Å². The molecule has 1 aromatic heterocycles. The van der Waals surface area contributed by atoms with Gasteiger partial charge >= 0.3 is 7.12 Å². The number of ether oxygens (including phenoxy) is 1. The van der Waals surface area contributed by atoms with Crippen LogP contribution in [0.4, 0.5) is 0 Å². The minimum absolute atomic E-state index is 0.262. The van der Waals surface area contributed by atoms with Crippen LogP contribution in [0.2, 0.25) is 5.15 Å². The van der Waals surface area contributed by atoms with Crippen molar-refractivity contribution < 1.29 is 14.0 Å². The number of rotatable bonds is 3. The number of halogens is 1. The Kier molecular flexibility index (Phi) is 3.71. The highest BCUT2D eigenvalue weighted by atomic mass is 35.5. The maximum absolute atomic E-state index is 6.12. The van der Waals surface area contributed by atoms with E-state index in [1.54, 1.807) is 6.20 Å². The molecule has 0 bridgehead atoms. The quantitative estimate of drug-likeness (QED) is 0.636. The van der Waals surface area contributed by atoms with Gasteiger partial charge in [0.2, 0.25) is 0 Å². The minimum atomic E-state index is -0.441. The van der Waals surface area contributed by atoms with Crippen molar-refractivity contribution in [1.29, 1.82) is 0 Å². The molecular weight excluding hydrogens is 288 g/mol. The highest BCUT2D eigenvalue weighted by Gasteiger charge is 2.52. The predicted octanol–water partition coefficient (Wildman–Crippen LogP) is 2.97. The lowest BCUT2D eigenvalue weighted by atomic mass is 9.80. The first-order valence-corrected chi connectivity index (χ1v) is 7.84. The summed E-state index contributed by atoms with van der Waals surface area (Å²) in [5, 5.41) is 0.391. The van der Waals surface area contributed by atoms with Gasteiger partial charge in [-0.05, 0) is 53.0 Å². The van der Waals surface area contributed by atoms with Gasteiger partial charge < -0.3 is 14.0 Å². The van der Waals surface area contributed by atoms with Crippen LogP contribution in [0.15, 0.2) is 12.3 Å². The molecule has 114 valence electrons. The standard InChI is InChI=1S/C15H21BClNO3/c1-14(2)15(3,4)21-16(20-14)10-8-12(13(17)18-9-10)19-11-6-5-7-11/h8-9,11H,5-7H2,1-4H3. The molecule has 6 heteroatoms. The molecule has 2 heterocycles. The van der Waals surface area contributed by atoms with Crippen molar-refractivity contribution in [3.8, 4) is 5.75 Å². The normalized spacial score (nSPS) is 24.0. The van der Waals surface area contributed by atoms with E-state index in [2.05, 4.69) is 4.98 Å². The van der Waals surface area contributed by atoms with Crippen molar-refractivity contribution in [2.24, 2.45) is 0 Å². The van der Waals surface area contributed by atoms with Crippen LogP contribution in [-0.4, -0.2) is 29.4 Å². The summed E-state index contributed by atoms with van der Waals surface area (Å²) in [6.07, 6.45) is 5.33. The summed E-state index contributed by atoms with van der Waals surface area (Å²) in [6.45, 7) is 8.12. The fourth-order valence-corrected chi connectivity index (χ4v) is 2.45. The zero-order chi connectivity index (χ0) is 15.3. The Labute approximate surface area is 131 Å². The molecule has 0 atom stereocenters. The summed E-state index contributed by atoms with van der Waals surface area (Å²) in [4.78, 5) is 4.21. The Morgan fingerprint density at radius 1 is 1.24 bits per heavy atom. The molecule has 0 unspecified atom stereocenters. The van der Waals surface area contributed by atoms with Crippen LogP contribution in [0, 0.1) is 0 Å². The molecule has 1 aromatic rings. The van der Waals surface area contributed by atoms with Crippen LogP contribution in [0.1, 0.15) is 47.0 Å². The summed E-state index contributed by atoms with van der Waals surface area (Å²) in [7, 11) is -0.441. The first-order chi connectivity index (χ1) is 9.78. The fraction of sp³-hybridized carbons (Fsp3) is 0.667. The zero-order valence-corrected chi connectivity index (χ0v) is 13.7. The van der Waals surface area contributed by atoms with Gasteiger partial charge in [-0.3, -0.25) is 0 Å². The molecule has 1 saturated carbocycles. The van der Waals surface area contributed by atoms with Gasteiger partial charge in [-0.15, -0.1) is 0 Å². The second kappa shape index (κ2) is 5.15. The van der Waals surface area contributed by atoms with Crippen molar-refractivity contribution in [2.45, 2.75) is 64.3 Å². The van der Waals surface area contributed by atoms with Gasteiger partial charge in [-0.2, -0.15) is 0 Å². The van der Waals surface area contributed by atoms with E-state index < -0.39 is 7.12 Å². The summed E-state index contributed by atoms with van der Waals surface area (Å²) in [5.41, 5.74) is 0.103. The maximum atomic E-state index is 6.12. The molecule has 2 aliphatic rings. The first-order valence-electron chi connectivity index (χ1n) is 7.46. The molecule has 4 nitrogen and oxygen atoms in total. The number of aromatic nitrogens is 1. The smallest absolute Gasteiger partial charge is 0.487 e. The summed E-state index contributed by atoms with van der Waals surface area (Å²) < 4.78 is 17.9. The lowest BCUT2D eigenvalue weighted by Gasteiger charge is -2.32. The van der Waals surface area contributed by atoms with Crippen LogP contribution in [0.5, 0.6) is 5.75 Å². The fourth-order valence-electron chi connectivity index (χ4n) is 2.30. The second-order valence-electron chi connectivity index (χ2n) is 6.82. The number of hydrogen-bond donors (Lipinski definition) is 0. The zero-order valence-electron chi connectivity index (χ0n) is 13.0. The molecule has 1 saturated heterocycles. The Morgan fingerprint density at radius 2 is 1.86 bits per heavy atom. The van der Waals surface area contributed by atoms with Crippen molar-refractivity contribution >= 4 is 24.2 Å². The van der Waals surface area contributed by atoms with E-state index in [9.17, 15) is 0 Å². The molecule has 1 aliphatic carbocycles. The largest absolute Gasteiger partial charge is 0.496 e. The lowest BCUT2D eigenvalue weighted by molar-refractivity contribution is 0.00578. The van der Waals surface area contributed by atoms with E-state index in [-0.39, 0.29) is 17.3 Å². The summed E-state index contributed by atoms with van der Waals surface area (Å²) in [6, 6.07) is 1.88. The molecule has 0 spiro atoms. The Morgan fingerprint density at radius 3 is 2.38 bits per heavy atom.